The van der Waals surface area contributed by atoms with E-state index in [1.54, 1.807) is 0 Å². The van der Waals surface area contributed by atoms with Gasteiger partial charge in [0.05, 0.1) is 0 Å². The van der Waals surface area contributed by atoms with Crippen LogP contribution in [0.3, 0.4) is 0 Å². The van der Waals surface area contributed by atoms with Crippen LogP contribution in [0, 0.1) is 6.92 Å². The van der Waals surface area contributed by atoms with E-state index in [0.717, 1.165) is 0 Å². The summed E-state index contributed by atoms with van der Waals surface area (Å²) in [4.78, 5) is 0. The molecule has 0 heterocycles. The molecular formula is C6H7Cl2Cr. The summed E-state index contributed by atoms with van der Waals surface area (Å²) >= 11 is 0. The van der Waals surface area contributed by atoms with Crippen molar-refractivity contribution in [2.24, 2.45) is 0 Å². The first-order valence-corrected chi connectivity index (χ1v) is 2.08. The summed E-state index contributed by atoms with van der Waals surface area (Å²) in [6.45, 7) is 2.08. The Morgan fingerprint density at radius 3 is 2.00 bits per heavy atom. The molecule has 0 aliphatic carbocycles. The number of halogens is 2. The van der Waals surface area contributed by atoms with Crippen LogP contribution in [0.2, 0.25) is 0 Å². The van der Waals surface area contributed by atoms with Gasteiger partial charge in [0.1, 0.15) is 0 Å². The third-order valence-electron chi connectivity index (χ3n) is 0.829. The molecule has 9 heavy (non-hydrogen) atoms. The van der Waals surface area contributed by atoms with E-state index in [2.05, 4.69) is 19.1 Å². The van der Waals surface area contributed by atoms with E-state index in [1.165, 1.54) is 5.56 Å². The molecule has 3 heteroatoms. The summed E-state index contributed by atoms with van der Waals surface area (Å²) in [6.07, 6.45) is 0. The van der Waals surface area contributed by atoms with Gasteiger partial charge in [0, 0.05) is 0 Å². The summed E-state index contributed by atoms with van der Waals surface area (Å²) in [5, 5.41) is 0. The van der Waals surface area contributed by atoms with Crippen molar-refractivity contribution in [1.82, 2.24) is 0 Å². The number of rotatable bonds is 0. The third kappa shape index (κ3) is 6.35. The Kier molecular flexibility index (Phi) is 15.3. The second-order valence-corrected chi connectivity index (χ2v) is 1.46. The topological polar surface area (TPSA) is 0 Å². The van der Waals surface area contributed by atoms with Crippen LogP contribution in [0.5, 0.6) is 0 Å². The van der Waals surface area contributed by atoms with Crippen LogP contribution in [0.15, 0.2) is 24.3 Å². The van der Waals surface area contributed by atoms with Gasteiger partial charge >= 0.3 is 17.4 Å². The molecule has 0 aliphatic rings. The van der Waals surface area contributed by atoms with Crippen molar-refractivity contribution < 1.29 is 42.2 Å². The van der Waals surface area contributed by atoms with Crippen molar-refractivity contribution in [3.8, 4) is 0 Å². The second-order valence-electron chi connectivity index (χ2n) is 1.46. The average Bonchev–Trinajstić information content (AvgIpc) is 1.86. The van der Waals surface area contributed by atoms with Crippen molar-refractivity contribution in [2.75, 3.05) is 0 Å². The SMILES string of the molecule is Cc1cc[cH-]c1.[Cl-].[Cl-].[Cr+3]. The third-order valence-corrected chi connectivity index (χ3v) is 0.829. The molecule has 0 unspecified atom stereocenters. The van der Waals surface area contributed by atoms with Crippen LogP contribution in [-0.2, 0) is 17.4 Å². The molecule has 0 amide bonds. The summed E-state index contributed by atoms with van der Waals surface area (Å²) in [5.41, 5.74) is 1.34. The Morgan fingerprint density at radius 2 is 1.89 bits per heavy atom. The number of hydrogen-bond acceptors (Lipinski definition) is 0. The fourth-order valence-electron chi connectivity index (χ4n) is 0.470. The second kappa shape index (κ2) is 8.46. The molecule has 0 spiro atoms. The van der Waals surface area contributed by atoms with Crippen LogP contribution in [0.4, 0.5) is 0 Å². The van der Waals surface area contributed by atoms with Gasteiger partial charge < -0.3 is 24.8 Å². The van der Waals surface area contributed by atoms with Gasteiger partial charge in [0.25, 0.3) is 0 Å². The zero-order valence-corrected chi connectivity index (χ0v) is 7.76. The Balaban J connectivity index is -0.000000120. The molecule has 0 fully saturated rings. The maximum absolute atomic E-state index is 2.08. The zero-order valence-electron chi connectivity index (χ0n) is 4.97. The predicted octanol–water partition coefficient (Wildman–Crippen LogP) is -4.28. The van der Waals surface area contributed by atoms with Crippen molar-refractivity contribution in [2.45, 2.75) is 6.92 Å². The smallest absolute Gasteiger partial charge is 1.00 e. The van der Waals surface area contributed by atoms with E-state index >= 15 is 0 Å². The van der Waals surface area contributed by atoms with Crippen LogP contribution < -0.4 is 24.8 Å². The van der Waals surface area contributed by atoms with Gasteiger partial charge in [-0.15, -0.1) is 0 Å². The summed E-state index contributed by atoms with van der Waals surface area (Å²) in [5.74, 6) is 0. The summed E-state index contributed by atoms with van der Waals surface area (Å²) in [6, 6.07) is 8.24. The minimum Gasteiger partial charge on any atom is -1.00 e. The maximum atomic E-state index is 2.08. The number of aryl methyl sites for hydroxylation is 1. The molecule has 1 aromatic carbocycles. The van der Waals surface area contributed by atoms with Gasteiger partial charge in [-0.25, -0.2) is 11.6 Å². The first-order valence-electron chi connectivity index (χ1n) is 2.08. The average molecular weight is 202 g/mol. The van der Waals surface area contributed by atoms with Crippen molar-refractivity contribution in [3.05, 3.63) is 29.8 Å². The van der Waals surface area contributed by atoms with E-state index in [4.69, 9.17) is 0 Å². The van der Waals surface area contributed by atoms with Gasteiger partial charge in [-0.1, -0.05) is 6.92 Å². The van der Waals surface area contributed by atoms with E-state index in [1.807, 2.05) is 12.1 Å². The molecular weight excluding hydrogens is 195 g/mol. The van der Waals surface area contributed by atoms with Crippen LogP contribution in [-0.4, -0.2) is 0 Å². The molecule has 0 nitrogen and oxygen atoms in total. The first-order chi connectivity index (χ1) is 2.89. The molecule has 51 valence electrons. The number of hydrogen-bond donors (Lipinski definition) is 0. The van der Waals surface area contributed by atoms with Crippen LogP contribution in [0.1, 0.15) is 5.56 Å². The fraction of sp³-hybridized carbons (Fsp3) is 0.167. The van der Waals surface area contributed by atoms with Gasteiger partial charge in [0.15, 0.2) is 0 Å². The minimum atomic E-state index is 0. The minimum absolute atomic E-state index is 0. The molecule has 0 saturated carbocycles. The molecule has 0 aromatic heterocycles. The Labute approximate surface area is 79.0 Å². The first kappa shape index (κ1) is 16.2. The van der Waals surface area contributed by atoms with Gasteiger partial charge in [-0.3, -0.25) is 0 Å². The molecule has 0 bridgehead atoms. The van der Waals surface area contributed by atoms with E-state index in [-0.39, 0.29) is 42.2 Å². The molecule has 0 saturated heterocycles. The monoisotopic (exact) mass is 201 g/mol. The quantitative estimate of drug-likeness (QED) is 0.373. The van der Waals surface area contributed by atoms with Crippen molar-refractivity contribution in [3.63, 3.8) is 0 Å². The molecule has 0 atom stereocenters. The van der Waals surface area contributed by atoms with Gasteiger partial charge in [-0.2, -0.15) is 18.2 Å². The van der Waals surface area contributed by atoms with Crippen molar-refractivity contribution in [1.29, 1.82) is 0 Å². The van der Waals surface area contributed by atoms with Crippen LogP contribution >= 0.6 is 0 Å². The Morgan fingerprint density at radius 1 is 1.33 bits per heavy atom. The van der Waals surface area contributed by atoms with E-state index in [9.17, 15) is 0 Å². The standard InChI is InChI=1S/C6H7.2ClH.Cr/c1-6-4-2-3-5-6;;;/h2-5H,1H3;2*1H;/q-1;;;+3/p-2. The fourth-order valence-corrected chi connectivity index (χ4v) is 0.470. The summed E-state index contributed by atoms with van der Waals surface area (Å²) < 4.78 is 0. The van der Waals surface area contributed by atoms with E-state index < -0.39 is 0 Å². The molecule has 1 radical (unpaired) electrons. The Hall–Kier alpha value is 0.462. The largest absolute Gasteiger partial charge is 3.00 e. The molecule has 0 N–H and O–H groups in total. The molecule has 1 rings (SSSR count). The van der Waals surface area contributed by atoms with E-state index in [0.29, 0.717) is 0 Å². The van der Waals surface area contributed by atoms with Gasteiger partial charge in [-0.05, 0) is 0 Å². The Bertz CT molecular complexity index is 115. The zero-order chi connectivity index (χ0) is 4.41. The van der Waals surface area contributed by atoms with Crippen molar-refractivity contribution >= 4 is 0 Å². The molecule has 1 aromatic rings. The predicted molar refractivity (Wildman–Crippen MR) is 26.8 cm³/mol. The maximum Gasteiger partial charge on any atom is 3.00 e. The van der Waals surface area contributed by atoms with Gasteiger partial charge in [0.2, 0.25) is 0 Å². The molecule has 0 aliphatic heterocycles. The van der Waals surface area contributed by atoms with Crippen LogP contribution in [0.25, 0.3) is 0 Å². The normalized spacial score (nSPS) is 5.89. The summed E-state index contributed by atoms with van der Waals surface area (Å²) in [7, 11) is 0.